The number of benzene rings is 3. The van der Waals surface area contributed by atoms with E-state index in [1.807, 2.05) is 49.5 Å². The lowest BCUT2D eigenvalue weighted by Gasteiger charge is -2.27. The summed E-state index contributed by atoms with van der Waals surface area (Å²) in [5.74, 6) is 1.62. The molecular formula is C31H27ClN4O2. The number of aromatic amines is 1. The summed E-state index contributed by atoms with van der Waals surface area (Å²) in [6.45, 7) is 3.17. The van der Waals surface area contributed by atoms with Crippen LogP contribution in [-0.2, 0) is 13.1 Å². The number of pyridine rings is 1. The maximum absolute atomic E-state index is 9.57. The van der Waals surface area contributed by atoms with E-state index in [4.69, 9.17) is 21.1 Å². The van der Waals surface area contributed by atoms with E-state index >= 15 is 0 Å². The molecule has 38 heavy (non-hydrogen) atoms. The summed E-state index contributed by atoms with van der Waals surface area (Å²) < 4.78 is 10.7. The van der Waals surface area contributed by atoms with Gasteiger partial charge in [-0.1, -0.05) is 35.9 Å². The van der Waals surface area contributed by atoms with E-state index in [2.05, 4.69) is 45.2 Å². The van der Waals surface area contributed by atoms with Crippen LogP contribution in [-0.4, -0.2) is 24.2 Å². The fraction of sp³-hybridized carbons (Fsp3) is 0.161. The van der Waals surface area contributed by atoms with Crippen LogP contribution in [0, 0.1) is 18.3 Å². The fourth-order valence-electron chi connectivity index (χ4n) is 4.59. The minimum atomic E-state index is 0.599. The summed E-state index contributed by atoms with van der Waals surface area (Å²) in [4.78, 5) is 10.1. The van der Waals surface area contributed by atoms with E-state index in [0.29, 0.717) is 23.7 Å². The third-order valence-corrected chi connectivity index (χ3v) is 7.10. The second-order valence-corrected chi connectivity index (χ2v) is 9.48. The Labute approximate surface area is 227 Å². The number of ether oxygens (including phenoxy) is 2. The smallest absolute Gasteiger partial charge is 0.118 e. The molecule has 2 heterocycles. The number of rotatable bonds is 8. The molecule has 0 aliphatic heterocycles. The molecule has 7 heteroatoms. The highest BCUT2D eigenvalue weighted by molar-refractivity contribution is 6.36. The van der Waals surface area contributed by atoms with Crippen molar-refractivity contribution in [3.63, 3.8) is 0 Å². The normalized spacial score (nSPS) is 10.8. The minimum Gasteiger partial charge on any atom is -0.497 e. The highest BCUT2D eigenvalue weighted by atomic mass is 35.5. The van der Waals surface area contributed by atoms with Crippen molar-refractivity contribution in [1.82, 2.24) is 9.97 Å². The molecule has 0 aliphatic rings. The van der Waals surface area contributed by atoms with E-state index in [-0.39, 0.29) is 0 Å². The number of nitrogens with one attached hydrogen (secondary N) is 1. The molecule has 6 nitrogen and oxygen atoms in total. The Balaban J connectivity index is 1.57. The Kier molecular flexibility index (Phi) is 7.21. The van der Waals surface area contributed by atoms with Gasteiger partial charge >= 0.3 is 0 Å². The average Bonchev–Trinajstić information content (AvgIpc) is 3.35. The summed E-state index contributed by atoms with van der Waals surface area (Å²) in [7, 11) is 3.32. The van der Waals surface area contributed by atoms with E-state index in [1.165, 1.54) is 0 Å². The first-order valence-electron chi connectivity index (χ1n) is 12.2. The van der Waals surface area contributed by atoms with Gasteiger partial charge in [0.1, 0.15) is 11.5 Å². The highest BCUT2D eigenvalue weighted by Crippen LogP contribution is 2.39. The van der Waals surface area contributed by atoms with Crippen molar-refractivity contribution >= 4 is 28.2 Å². The lowest BCUT2D eigenvalue weighted by molar-refractivity contribution is 0.414. The first-order chi connectivity index (χ1) is 18.5. The molecule has 0 aliphatic carbocycles. The molecule has 5 rings (SSSR count). The largest absolute Gasteiger partial charge is 0.497 e. The molecule has 190 valence electrons. The second kappa shape index (κ2) is 10.9. The van der Waals surface area contributed by atoms with Crippen LogP contribution in [0.15, 0.2) is 79.3 Å². The molecule has 0 atom stereocenters. The Morgan fingerprint density at radius 3 is 2.05 bits per heavy atom. The van der Waals surface area contributed by atoms with Crippen molar-refractivity contribution in [2.45, 2.75) is 20.0 Å². The number of methoxy groups -OCH3 is 2. The van der Waals surface area contributed by atoms with Crippen LogP contribution in [0.5, 0.6) is 11.5 Å². The first kappa shape index (κ1) is 25.2. The molecule has 0 fully saturated rings. The van der Waals surface area contributed by atoms with Crippen molar-refractivity contribution < 1.29 is 9.47 Å². The van der Waals surface area contributed by atoms with Gasteiger partial charge in [0.05, 0.1) is 42.8 Å². The van der Waals surface area contributed by atoms with Crippen LogP contribution in [0.3, 0.4) is 0 Å². The van der Waals surface area contributed by atoms with E-state index in [1.54, 1.807) is 26.6 Å². The van der Waals surface area contributed by atoms with Gasteiger partial charge in [-0.2, -0.15) is 5.26 Å². The van der Waals surface area contributed by atoms with Crippen molar-refractivity contribution in [1.29, 1.82) is 5.26 Å². The number of H-pyrrole nitrogens is 1. The number of aryl methyl sites for hydroxylation is 1. The number of hydrogen-bond acceptors (Lipinski definition) is 5. The zero-order valence-corrected chi connectivity index (χ0v) is 22.2. The number of nitrogens with zero attached hydrogens (tertiary/aromatic N) is 3. The van der Waals surface area contributed by atoms with Crippen molar-refractivity contribution in [2.75, 3.05) is 19.1 Å². The van der Waals surface area contributed by atoms with Gasteiger partial charge in [-0.25, -0.2) is 0 Å². The summed E-state index contributed by atoms with van der Waals surface area (Å²) in [6.07, 6.45) is 5.51. The van der Waals surface area contributed by atoms with Gasteiger partial charge in [0.25, 0.3) is 0 Å². The van der Waals surface area contributed by atoms with Crippen LogP contribution in [0.2, 0.25) is 5.02 Å². The quantitative estimate of drug-likeness (QED) is 0.231. The van der Waals surface area contributed by atoms with Crippen LogP contribution in [0.25, 0.3) is 22.0 Å². The zero-order valence-electron chi connectivity index (χ0n) is 21.5. The summed E-state index contributed by atoms with van der Waals surface area (Å²) in [5, 5.41) is 11.1. The molecule has 0 bridgehead atoms. The molecule has 1 N–H and O–H groups in total. The van der Waals surface area contributed by atoms with Crippen LogP contribution in [0.4, 0.5) is 5.69 Å². The molecule has 0 saturated carbocycles. The Morgan fingerprint density at radius 2 is 1.50 bits per heavy atom. The maximum atomic E-state index is 9.57. The predicted octanol–water partition coefficient (Wildman–Crippen LogP) is 7.29. The number of anilines is 1. The Hall–Kier alpha value is -4.47. The summed E-state index contributed by atoms with van der Waals surface area (Å²) in [5.41, 5.74) is 7.27. The highest BCUT2D eigenvalue weighted by Gasteiger charge is 2.19. The Bertz CT molecular complexity index is 1570. The lowest BCUT2D eigenvalue weighted by Crippen LogP contribution is -2.22. The third-order valence-electron chi connectivity index (χ3n) is 6.70. The van der Waals surface area contributed by atoms with Crippen molar-refractivity contribution in [3.8, 4) is 28.7 Å². The third kappa shape index (κ3) is 5.02. The van der Waals surface area contributed by atoms with Gasteiger partial charge in [-0.05, 0) is 60.0 Å². The molecule has 0 amide bonds. The summed E-state index contributed by atoms with van der Waals surface area (Å²) >= 11 is 7.13. The van der Waals surface area contributed by atoms with Gasteiger partial charge in [0, 0.05) is 47.5 Å². The van der Waals surface area contributed by atoms with Crippen molar-refractivity contribution in [2.24, 2.45) is 0 Å². The molecule has 5 aromatic rings. The van der Waals surface area contributed by atoms with Crippen LogP contribution in [0.1, 0.15) is 22.3 Å². The maximum Gasteiger partial charge on any atom is 0.118 e. The van der Waals surface area contributed by atoms with Crippen molar-refractivity contribution in [3.05, 3.63) is 107 Å². The molecule has 2 aromatic heterocycles. The molecule has 0 saturated heterocycles. The SMILES string of the molecule is COc1ccc(CN(Cc2ccc(OC)cc2)c2cncc(-c3c[nH]c4cc(C)c(C#N)cc34)c2Cl)cc1. The number of aromatic nitrogens is 2. The van der Waals surface area contributed by atoms with Gasteiger partial charge in [-0.15, -0.1) is 0 Å². The minimum absolute atomic E-state index is 0.599. The molecular weight excluding hydrogens is 496 g/mol. The van der Waals surface area contributed by atoms with Crippen LogP contribution >= 0.6 is 11.6 Å². The van der Waals surface area contributed by atoms with Gasteiger partial charge in [0.2, 0.25) is 0 Å². The monoisotopic (exact) mass is 522 g/mol. The molecule has 0 spiro atoms. The number of nitriles is 1. The van der Waals surface area contributed by atoms with E-state index in [9.17, 15) is 5.26 Å². The topological polar surface area (TPSA) is 74.2 Å². The van der Waals surface area contributed by atoms with Gasteiger partial charge in [0.15, 0.2) is 0 Å². The zero-order chi connectivity index (χ0) is 26.6. The number of halogens is 1. The first-order valence-corrected chi connectivity index (χ1v) is 12.5. The van der Waals surface area contributed by atoms with Gasteiger partial charge < -0.3 is 19.4 Å². The fourth-order valence-corrected chi connectivity index (χ4v) is 4.91. The van der Waals surface area contributed by atoms with Gasteiger partial charge in [-0.3, -0.25) is 4.98 Å². The second-order valence-electron chi connectivity index (χ2n) is 9.10. The number of fused-ring (bicyclic) bond motifs is 1. The molecule has 0 radical (unpaired) electrons. The molecule has 0 unspecified atom stereocenters. The standard InChI is InChI=1S/C31H27ClN4O2/c1-20-12-29-26(13-23(20)14-33)27(16-35-29)28-15-34-17-30(31(28)32)36(18-21-4-8-24(37-2)9-5-21)19-22-6-10-25(38-3)11-7-22/h4-13,15-17,35H,18-19H2,1-3H3. The summed E-state index contributed by atoms with van der Waals surface area (Å²) in [6, 6.07) is 22.2. The van der Waals surface area contributed by atoms with Crippen LogP contribution < -0.4 is 14.4 Å². The van der Waals surface area contributed by atoms with E-state index < -0.39 is 0 Å². The predicted molar refractivity (Wildman–Crippen MR) is 152 cm³/mol. The van der Waals surface area contributed by atoms with E-state index in [0.717, 1.165) is 55.9 Å². The lowest BCUT2D eigenvalue weighted by atomic mass is 10.0. The number of hydrogen-bond donors (Lipinski definition) is 1. The average molecular weight is 523 g/mol. The molecule has 3 aromatic carbocycles. The Morgan fingerprint density at radius 1 is 0.895 bits per heavy atom.